The van der Waals surface area contributed by atoms with Crippen molar-refractivity contribution in [3.63, 3.8) is 0 Å². The number of para-hydroxylation sites is 1. The first kappa shape index (κ1) is 21.8. The van der Waals surface area contributed by atoms with Crippen LogP contribution in [0, 0.1) is 0 Å². The molecule has 0 bridgehead atoms. The molecule has 0 N–H and O–H groups in total. The smallest absolute Gasteiger partial charge is 0.342 e. The molecule has 3 aromatic heterocycles. The molecular formula is C24H22N6O3S. The molecule has 0 spiro atoms. The number of carbonyl (C=O) groups excluding carboxylic acids is 2. The Hall–Kier alpha value is -4.05. The Kier molecular flexibility index (Phi) is 6.30. The summed E-state index contributed by atoms with van der Waals surface area (Å²) in [5.41, 5.74) is 1.69. The average molecular weight is 475 g/mol. The minimum atomic E-state index is -0.574. The Morgan fingerprint density at radius 1 is 0.941 bits per heavy atom. The van der Waals surface area contributed by atoms with Crippen molar-refractivity contribution in [1.29, 1.82) is 0 Å². The Bertz CT molecular complexity index is 1250. The summed E-state index contributed by atoms with van der Waals surface area (Å²) in [6.07, 6.45) is 5.04. The van der Waals surface area contributed by atoms with Gasteiger partial charge < -0.3 is 14.5 Å². The van der Waals surface area contributed by atoms with Crippen LogP contribution < -0.4 is 4.90 Å². The number of benzene rings is 1. The number of hydrogen-bond donors (Lipinski definition) is 0. The maximum atomic E-state index is 13.0. The van der Waals surface area contributed by atoms with Gasteiger partial charge in [0.2, 0.25) is 5.95 Å². The third-order valence-corrected chi connectivity index (χ3v) is 6.38. The summed E-state index contributed by atoms with van der Waals surface area (Å²) < 4.78 is 7.08. The van der Waals surface area contributed by atoms with E-state index in [4.69, 9.17) is 4.74 Å². The van der Waals surface area contributed by atoms with Gasteiger partial charge in [-0.25, -0.2) is 19.4 Å². The molecule has 0 aliphatic carbocycles. The normalized spacial score (nSPS) is 13.6. The molecule has 1 saturated heterocycles. The lowest BCUT2D eigenvalue weighted by Crippen LogP contribution is -2.50. The number of nitrogens with zero attached hydrogens (tertiary/aromatic N) is 6. The van der Waals surface area contributed by atoms with Crippen LogP contribution in [-0.4, -0.2) is 69.3 Å². The van der Waals surface area contributed by atoms with Gasteiger partial charge in [-0.2, -0.15) is 5.10 Å². The fourth-order valence-corrected chi connectivity index (χ4v) is 4.46. The highest BCUT2D eigenvalue weighted by atomic mass is 32.1. The summed E-state index contributed by atoms with van der Waals surface area (Å²) in [6, 6.07) is 15.1. The summed E-state index contributed by atoms with van der Waals surface area (Å²) >= 11 is 1.49. The van der Waals surface area contributed by atoms with Gasteiger partial charge in [0, 0.05) is 44.8 Å². The second-order valence-corrected chi connectivity index (χ2v) is 8.59. The van der Waals surface area contributed by atoms with Crippen LogP contribution in [0.15, 0.2) is 72.5 Å². The highest BCUT2D eigenvalue weighted by molar-refractivity contribution is 7.13. The van der Waals surface area contributed by atoms with Crippen LogP contribution in [0.3, 0.4) is 0 Å². The summed E-state index contributed by atoms with van der Waals surface area (Å²) in [5.74, 6) is -0.150. The number of hydrogen-bond acceptors (Lipinski definition) is 8. The van der Waals surface area contributed by atoms with Crippen molar-refractivity contribution < 1.29 is 14.3 Å². The predicted octanol–water partition coefficient (Wildman–Crippen LogP) is 2.90. The Morgan fingerprint density at radius 3 is 2.41 bits per heavy atom. The number of amides is 1. The summed E-state index contributed by atoms with van der Waals surface area (Å²) in [6.45, 7) is 1.95. The molecule has 9 nitrogen and oxygen atoms in total. The van der Waals surface area contributed by atoms with Gasteiger partial charge in [-0.15, -0.1) is 11.3 Å². The fraction of sp³-hybridized carbons (Fsp3) is 0.208. The molecule has 0 atom stereocenters. The summed E-state index contributed by atoms with van der Waals surface area (Å²) in [5, 5.41) is 6.54. The monoisotopic (exact) mass is 474 g/mol. The third-order valence-electron chi connectivity index (χ3n) is 5.50. The van der Waals surface area contributed by atoms with Gasteiger partial charge in [0.05, 0.1) is 10.6 Å². The molecule has 0 radical (unpaired) electrons. The van der Waals surface area contributed by atoms with E-state index in [1.807, 2.05) is 52.7 Å². The number of thiophene rings is 1. The van der Waals surface area contributed by atoms with Gasteiger partial charge in [-0.1, -0.05) is 24.3 Å². The van der Waals surface area contributed by atoms with E-state index in [0.29, 0.717) is 43.4 Å². The van der Waals surface area contributed by atoms with Crippen molar-refractivity contribution in [3.05, 3.63) is 78.1 Å². The molecular weight excluding hydrogens is 452 g/mol. The van der Waals surface area contributed by atoms with Crippen molar-refractivity contribution in [2.24, 2.45) is 0 Å². The fourth-order valence-electron chi connectivity index (χ4n) is 3.74. The van der Waals surface area contributed by atoms with Crippen LogP contribution in [0.1, 0.15) is 10.4 Å². The van der Waals surface area contributed by atoms with Gasteiger partial charge >= 0.3 is 5.97 Å². The second-order valence-electron chi connectivity index (χ2n) is 7.64. The van der Waals surface area contributed by atoms with Crippen LogP contribution >= 0.6 is 11.3 Å². The molecule has 34 heavy (non-hydrogen) atoms. The van der Waals surface area contributed by atoms with Crippen LogP contribution in [0.4, 0.5) is 5.95 Å². The van der Waals surface area contributed by atoms with Crippen molar-refractivity contribution in [2.45, 2.75) is 0 Å². The van der Waals surface area contributed by atoms with Crippen LogP contribution in [-0.2, 0) is 9.53 Å². The molecule has 1 aromatic carbocycles. The van der Waals surface area contributed by atoms with E-state index in [9.17, 15) is 9.59 Å². The predicted molar refractivity (Wildman–Crippen MR) is 128 cm³/mol. The lowest BCUT2D eigenvalue weighted by Gasteiger charge is -2.34. The molecule has 1 aliphatic rings. The molecule has 5 rings (SSSR count). The number of ether oxygens (including phenoxy) is 1. The van der Waals surface area contributed by atoms with Crippen LogP contribution in [0.5, 0.6) is 0 Å². The molecule has 0 saturated carbocycles. The SMILES string of the molecule is O=C(OCC(=O)N1CCN(c2ncccn2)CC1)c1cn(-c2ccccc2)nc1-c1cccs1. The molecule has 4 heterocycles. The zero-order valence-electron chi connectivity index (χ0n) is 18.3. The summed E-state index contributed by atoms with van der Waals surface area (Å²) in [4.78, 5) is 38.7. The molecule has 172 valence electrons. The van der Waals surface area contributed by atoms with Gasteiger partial charge in [0.1, 0.15) is 11.3 Å². The highest BCUT2D eigenvalue weighted by Crippen LogP contribution is 2.28. The van der Waals surface area contributed by atoms with Crippen LogP contribution in [0.25, 0.3) is 16.3 Å². The third kappa shape index (κ3) is 4.67. The van der Waals surface area contributed by atoms with Crippen LogP contribution in [0.2, 0.25) is 0 Å². The van der Waals surface area contributed by atoms with Gasteiger partial charge in [0.25, 0.3) is 5.91 Å². The van der Waals surface area contributed by atoms with Gasteiger partial charge in [-0.05, 0) is 29.6 Å². The number of rotatable bonds is 6. The maximum Gasteiger partial charge on any atom is 0.342 e. The van der Waals surface area contributed by atoms with Crippen molar-refractivity contribution in [3.8, 4) is 16.3 Å². The van der Waals surface area contributed by atoms with E-state index >= 15 is 0 Å². The maximum absolute atomic E-state index is 13.0. The zero-order valence-corrected chi connectivity index (χ0v) is 19.1. The van der Waals surface area contributed by atoms with Crippen molar-refractivity contribution in [2.75, 3.05) is 37.7 Å². The van der Waals surface area contributed by atoms with E-state index in [1.165, 1.54) is 11.3 Å². The first-order chi connectivity index (χ1) is 16.7. The second kappa shape index (κ2) is 9.84. The molecule has 10 heteroatoms. The molecule has 1 fully saturated rings. The van der Waals surface area contributed by atoms with E-state index in [2.05, 4.69) is 15.1 Å². The van der Waals surface area contributed by atoms with Gasteiger partial charge in [0.15, 0.2) is 6.61 Å². The van der Waals surface area contributed by atoms with Crippen molar-refractivity contribution in [1.82, 2.24) is 24.6 Å². The number of piperazine rings is 1. The first-order valence-corrected chi connectivity index (χ1v) is 11.7. The molecule has 0 unspecified atom stereocenters. The minimum Gasteiger partial charge on any atom is -0.452 e. The molecule has 4 aromatic rings. The number of esters is 1. The Morgan fingerprint density at radius 2 is 1.71 bits per heavy atom. The largest absolute Gasteiger partial charge is 0.452 e. The number of aromatic nitrogens is 4. The molecule has 1 amide bonds. The Balaban J connectivity index is 1.24. The van der Waals surface area contributed by atoms with Gasteiger partial charge in [-0.3, -0.25) is 4.79 Å². The van der Waals surface area contributed by atoms with Crippen molar-refractivity contribution >= 4 is 29.2 Å². The number of carbonyl (C=O) groups is 2. The number of anilines is 1. The topological polar surface area (TPSA) is 93.5 Å². The lowest BCUT2D eigenvalue weighted by molar-refractivity contribution is -0.134. The van der Waals surface area contributed by atoms with E-state index in [-0.39, 0.29) is 12.5 Å². The quantitative estimate of drug-likeness (QED) is 0.397. The minimum absolute atomic E-state index is 0.227. The average Bonchev–Trinajstić information content (AvgIpc) is 3.59. The summed E-state index contributed by atoms with van der Waals surface area (Å²) in [7, 11) is 0. The van der Waals surface area contributed by atoms with E-state index < -0.39 is 5.97 Å². The van der Waals surface area contributed by atoms with E-state index in [1.54, 1.807) is 34.2 Å². The van der Waals surface area contributed by atoms with E-state index in [0.717, 1.165) is 10.6 Å². The Labute approximate surface area is 200 Å². The first-order valence-electron chi connectivity index (χ1n) is 10.8. The standard InChI is InChI=1S/C24H22N6O3S/c31-21(28-11-13-29(14-12-28)24-25-9-5-10-26-24)17-33-23(32)19-16-30(18-6-2-1-3-7-18)27-22(19)20-8-4-15-34-20/h1-10,15-16H,11-14,17H2. The zero-order chi connectivity index (χ0) is 23.3. The lowest BCUT2D eigenvalue weighted by atomic mass is 10.2. The molecule has 1 aliphatic heterocycles. The highest BCUT2D eigenvalue weighted by Gasteiger charge is 2.25.